The molecule has 0 aliphatic heterocycles. The molecule has 1 heterocycles. The van der Waals surface area contributed by atoms with Gasteiger partial charge in [0.15, 0.2) is 0 Å². The maximum Gasteiger partial charge on any atom is 0.521 e. The van der Waals surface area contributed by atoms with Gasteiger partial charge in [-0.3, -0.25) is 0 Å². The van der Waals surface area contributed by atoms with Crippen molar-refractivity contribution in [1.82, 2.24) is 10.2 Å². The second-order valence-electron chi connectivity index (χ2n) is 1.76. The maximum absolute atomic E-state index is 8.60. The summed E-state index contributed by atoms with van der Waals surface area (Å²) in [7, 11) is -1.47. The molecule has 0 atom stereocenters. The van der Waals surface area contributed by atoms with Crippen LogP contribution in [0.3, 0.4) is 0 Å². The second kappa shape index (κ2) is 3.09. The van der Waals surface area contributed by atoms with Crippen LogP contribution in [0.5, 0.6) is 0 Å². The molecule has 2 N–H and O–H groups in total. The van der Waals surface area contributed by atoms with Gasteiger partial charge in [-0.05, 0) is 6.42 Å². The summed E-state index contributed by atoms with van der Waals surface area (Å²) in [5.74, 6) is 0. The fourth-order valence-corrected chi connectivity index (χ4v) is 1.17. The van der Waals surface area contributed by atoms with E-state index in [9.17, 15) is 0 Å². The summed E-state index contributed by atoms with van der Waals surface area (Å²) in [5, 5.41) is 25.3. The number of nitrogens with zero attached hydrogens (tertiary/aromatic N) is 2. The molecule has 0 saturated heterocycles. The molecule has 4 nitrogen and oxygen atoms in total. The number of aryl methyl sites for hydroxylation is 1. The first kappa shape index (κ1) is 7.65. The molecule has 0 aliphatic rings. The van der Waals surface area contributed by atoms with Crippen molar-refractivity contribution in [2.45, 2.75) is 13.3 Å². The van der Waals surface area contributed by atoms with Crippen LogP contribution in [0.15, 0.2) is 0 Å². The van der Waals surface area contributed by atoms with Crippen LogP contribution >= 0.6 is 11.3 Å². The Morgan fingerprint density at radius 2 is 2.20 bits per heavy atom. The molecule has 10 heavy (non-hydrogen) atoms. The summed E-state index contributed by atoms with van der Waals surface area (Å²) >= 11 is 1.22. The topological polar surface area (TPSA) is 66.2 Å². The minimum Gasteiger partial charge on any atom is -0.422 e. The predicted molar refractivity (Wildman–Crippen MR) is 39.1 cm³/mol. The highest BCUT2D eigenvalue weighted by Crippen LogP contribution is 1.99. The third-order valence-electron chi connectivity index (χ3n) is 1.01. The Hall–Kier alpha value is -0.455. The fraction of sp³-hybridized carbons (Fsp3) is 0.500. The average molecular weight is 158 g/mol. The van der Waals surface area contributed by atoms with E-state index in [1.165, 1.54) is 11.3 Å². The van der Waals surface area contributed by atoms with Crippen LogP contribution in [0.4, 0.5) is 0 Å². The van der Waals surface area contributed by atoms with E-state index in [0.717, 1.165) is 11.4 Å². The van der Waals surface area contributed by atoms with Gasteiger partial charge in [0.2, 0.25) is 0 Å². The smallest absolute Gasteiger partial charge is 0.422 e. The van der Waals surface area contributed by atoms with Gasteiger partial charge in [-0.2, -0.15) is 0 Å². The van der Waals surface area contributed by atoms with Gasteiger partial charge in [-0.15, -0.1) is 21.5 Å². The molecule has 0 bridgehead atoms. The van der Waals surface area contributed by atoms with Crippen molar-refractivity contribution in [3.8, 4) is 0 Å². The molecule has 6 heteroatoms. The largest absolute Gasteiger partial charge is 0.521 e. The highest BCUT2D eigenvalue weighted by atomic mass is 32.1. The SMILES string of the molecule is CCc1nnc(B(O)O)s1. The van der Waals surface area contributed by atoms with E-state index < -0.39 is 7.12 Å². The lowest BCUT2D eigenvalue weighted by Crippen LogP contribution is -2.29. The molecule has 0 amide bonds. The summed E-state index contributed by atoms with van der Waals surface area (Å²) in [6.45, 7) is 1.94. The quantitative estimate of drug-likeness (QED) is 0.529. The lowest BCUT2D eigenvalue weighted by Gasteiger charge is -1.85. The molecule has 54 valence electrons. The van der Waals surface area contributed by atoms with Gasteiger partial charge in [-0.25, -0.2) is 0 Å². The monoisotopic (exact) mass is 158 g/mol. The van der Waals surface area contributed by atoms with Gasteiger partial charge in [0.05, 0.1) is 0 Å². The standard InChI is InChI=1S/C4H7BN2O2S/c1-2-3-6-7-4(10-3)5(8)9/h8-9H,2H2,1H3. The molecule has 0 unspecified atom stereocenters. The molecule has 0 fully saturated rings. The van der Waals surface area contributed by atoms with E-state index in [0.29, 0.717) is 0 Å². The van der Waals surface area contributed by atoms with Crippen molar-refractivity contribution in [3.05, 3.63) is 5.01 Å². The van der Waals surface area contributed by atoms with Crippen molar-refractivity contribution in [3.63, 3.8) is 0 Å². The Labute approximate surface area is 62.7 Å². The number of hydrogen-bond donors (Lipinski definition) is 2. The first-order valence-electron chi connectivity index (χ1n) is 2.92. The minimum atomic E-state index is -1.47. The van der Waals surface area contributed by atoms with Crippen LogP contribution in [0.1, 0.15) is 11.9 Å². The van der Waals surface area contributed by atoms with Crippen molar-refractivity contribution in [2.75, 3.05) is 0 Å². The summed E-state index contributed by atoms with van der Waals surface area (Å²) in [4.78, 5) is 0.261. The molecule has 1 aromatic rings. The molecule has 1 aromatic heterocycles. The van der Waals surface area contributed by atoms with Gasteiger partial charge >= 0.3 is 7.12 Å². The lowest BCUT2D eigenvalue weighted by atomic mass is 9.95. The zero-order chi connectivity index (χ0) is 7.56. The van der Waals surface area contributed by atoms with Crippen LogP contribution in [0.25, 0.3) is 0 Å². The molecular weight excluding hydrogens is 151 g/mol. The maximum atomic E-state index is 8.60. The first-order valence-corrected chi connectivity index (χ1v) is 3.74. The van der Waals surface area contributed by atoms with Gasteiger partial charge in [-0.1, -0.05) is 6.92 Å². The average Bonchev–Trinajstić information content (AvgIpc) is 2.34. The van der Waals surface area contributed by atoms with E-state index in [1.54, 1.807) is 0 Å². The summed E-state index contributed by atoms with van der Waals surface area (Å²) in [5.41, 5.74) is 0. The predicted octanol–water partition coefficient (Wildman–Crippen LogP) is -1.22. The molecule has 1 rings (SSSR count). The Morgan fingerprint density at radius 1 is 1.50 bits per heavy atom. The van der Waals surface area contributed by atoms with Crippen LogP contribution in [-0.2, 0) is 6.42 Å². The van der Waals surface area contributed by atoms with Crippen molar-refractivity contribution >= 4 is 23.4 Å². The van der Waals surface area contributed by atoms with Crippen LogP contribution in [0.2, 0.25) is 0 Å². The summed E-state index contributed by atoms with van der Waals surface area (Å²) in [6, 6.07) is 0. The van der Waals surface area contributed by atoms with Crippen LogP contribution in [-0.4, -0.2) is 27.4 Å². The summed E-state index contributed by atoms with van der Waals surface area (Å²) in [6.07, 6.45) is 0.782. The van der Waals surface area contributed by atoms with Crippen LogP contribution < -0.4 is 4.91 Å². The van der Waals surface area contributed by atoms with E-state index in [-0.39, 0.29) is 4.91 Å². The van der Waals surface area contributed by atoms with E-state index in [2.05, 4.69) is 10.2 Å². The van der Waals surface area contributed by atoms with E-state index >= 15 is 0 Å². The van der Waals surface area contributed by atoms with Crippen molar-refractivity contribution < 1.29 is 10.0 Å². The Balaban J connectivity index is 2.78. The van der Waals surface area contributed by atoms with Crippen LogP contribution in [0, 0.1) is 0 Å². The molecule has 0 saturated carbocycles. The molecular formula is C4H7BN2O2S. The Kier molecular flexibility index (Phi) is 2.36. The van der Waals surface area contributed by atoms with Gasteiger partial charge in [0.1, 0.15) is 9.91 Å². The summed E-state index contributed by atoms with van der Waals surface area (Å²) < 4.78 is 0. The van der Waals surface area contributed by atoms with E-state index in [4.69, 9.17) is 10.0 Å². The normalized spacial score (nSPS) is 9.90. The Morgan fingerprint density at radius 3 is 2.50 bits per heavy atom. The second-order valence-corrected chi connectivity index (χ2v) is 2.85. The first-order chi connectivity index (χ1) is 4.74. The fourth-order valence-electron chi connectivity index (χ4n) is 0.514. The molecule has 0 aromatic carbocycles. The number of hydrogen-bond acceptors (Lipinski definition) is 5. The molecule has 0 spiro atoms. The number of rotatable bonds is 2. The highest BCUT2D eigenvalue weighted by Gasteiger charge is 2.16. The third-order valence-corrected chi connectivity index (χ3v) is 2.11. The Bertz CT molecular complexity index is 215. The van der Waals surface area contributed by atoms with Gasteiger partial charge in [0, 0.05) is 0 Å². The zero-order valence-corrected chi connectivity index (χ0v) is 6.30. The third kappa shape index (κ3) is 1.53. The van der Waals surface area contributed by atoms with Crippen molar-refractivity contribution in [2.24, 2.45) is 0 Å². The molecule has 0 radical (unpaired) electrons. The zero-order valence-electron chi connectivity index (χ0n) is 5.48. The van der Waals surface area contributed by atoms with E-state index in [1.807, 2.05) is 6.92 Å². The molecule has 0 aliphatic carbocycles. The minimum absolute atomic E-state index is 0.261. The van der Waals surface area contributed by atoms with Gasteiger partial charge < -0.3 is 10.0 Å². The highest BCUT2D eigenvalue weighted by molar-refractivity contribution is 7.21. The lowest BCUT2D eigenvalue weighted by molar-refractivity contribution is 0.425. The van der Waals surface area contributed by atoms with Crippen molar-refractivity contribution in [1.29, 1.82) is 0 Å². The number of aromatic nitrogens is 2. The van der Waals surface area contributed by atoms with Gasteiger partial charge in [0.25, 0.3) is 0 Å².